The fourth-order valence-corrected chi connectivity index (χ4v) is 3.57. The first-order valence-corrected chi connectivity index (χ1v) is 6.84. The minimum absolute atomic E-state index is 0.0142. The Labute approximate surface area is 105 Å². The Hall–Kier alpha value is -1.61. The Balaban J connectivity index is 2.45. The number of aryl methyl sites for hydroxylation is 1. The van der Waals surface area contributed by atoms with E-state index >= 15 is 0 Å². The summed E-state index contributed by atoms with van der Waals surface area (Å²) in [4.78, 5) is 11.2. The predicted molar refractivity (Wildman–Crippen MR) is 64.1 cm³/mol. The summed E-state index contributed by atoms with van der Waals surface area (Å²) >= 11 is 0. The number of hydrogen-bond donors (Lipinski definition) is 2. The number of nitrogens with one attached hydrogen (secondary N) is 1. The maximum Gasteiger partial charge on any atom is 0.249 e. The Morgan fingerprint density at radius 3 is 2.61 bits per heavy atom. The molecule has 3 N–H and O–H groups in total. The lowest BCUT2D eigenvalue weighted by Gasteiger charge is -2.25. The van der Waals surface area contributed by atoms with Crippen LogP contribution in [0.4, 0.5) is 5.82 Å². The summed E-state index contributed by atoms with van der Waals surface area (Å²) in [6, 6.07) is 0. The molecule has 1 aromatic heterocycles. The molecular formula is C9H15N5O3S. The molecule has 1 aromatic rings. The topological polar surface area (TPSA) is 110 Å². The number of nitrogens with zero attached hydrogens (tertiary/aromatic N) is 3. The summed E-state index contributed by atoms with van der Waals surface area (Å²) in [5.74, 6) is -0.356. The zero-order valence-electron chi connectivity index (χ0n) is 10.2. The second-order valence-electron chi connectivity index (χ2n) is 4.11. The molecule has 0 atom stereocenters. The third-order valence-corrected chi connectivity index (χ3v) is 4.92. The van der Waals surface area contributed by atoms with Crippen LogP contribution < -0.4 is 11.1 Å². The van der Waals surface area contributed by atoms with E-state index < -0.39 is 10.0 Å². The first-order valence-electron chi connectivity index (χ1n) is 5.40. The van der Waals surface area contributed by atoms with Crippen LogP contribution in [0, 0.1) is 6.92 Å². The van der Waals surface area contributed by atoms with Gasteiger partial charge in [-0.15, -0.1) is 0 Å². The molecule has 2 rings (SSSR count). The number of amides is 1. The minimum Gasteiger partial charge on any atom is -0.381 e. The van der Waals surface area contributed by atoms with E-state index in [9.17, 15) is 13.2 Å². The summed E-state index contributed by atoms with van der Waals surface area (Å²) in [6.07, 6.45) is 0. The van der Waals surface area contributed by atoms with Crippen LogP contribution in [0.15, 0.2) is 4.90 Å². The highest BCUT2D eigenvalue weighted by Gasteiger charge is 2.33. The molecule has 1 aliphatic heterocycles. The standard InChI is InChI=1S/C9H15N5O3S/c1-6-8(9(10)12-13(6)2)18(16,17)14-4-3-11-7(15)5-14/h3-5H2,1-2H3,(H2,10,12)(H,11,15). The summed E-state index contributed by atoms with van der Waals surface area (Å²) < 4.78 is 27.3. The SMILES string of the molecule is Cc1c(S(=O)(=O)N2CCNC(=O)C2)c(N)nn1C. The van der Waals surface area contributed by atoms with Crippen LogP contribution in [0.1, 0.15) is 5.69 Å². The van der Waals surface area contributed by atoms with Crippen molar-refractivity contribution >= 4 is 21.7 Å². The summed E-state index contributed by atoms with van der Waals surface area (Å²) in [7, 11) is -2.15. The van der Waals surface area contributed by atoms with Crippen molar-refractivity contribution < 1.29 is 13.2 Å². The van der Waals surface area contributed by atoms with E-state index in [0.717, 1.165) is 4.31 Å². The van der Waals surface area contributed by atoms with Crippen molar-refractivity contribution in [3.63, 3.8) is 0 Å². The number of sulfonamides is 1. The Morgan fingerprint density at radius 1 is 1.44 bits per heavy atom. The number of nitrogens with two attached hydrogens (primary N) is 1. The number of carbonyl (C=O) groups excluding carboxylic acids is 1. The van der Waals surface area contributed by atoms with Gasteiger partial charge in [0.2, 0.25) is 15.9 Å². The smallest absolute Gasteiger partial charge is 0.249 e. The number of anilines is 1. The summed E-state index contributed by atoms with van der Waals surface area (Å²) in [5.41, 5.74) is 6.09. The molecule has 8 nitrogen and oxygen atoms in total. The van der Waals surface area contributed by atoms with Crippen LogP contribution in [0.2, 0.25) is 0 Å². The Morgan fingerprint density at radius 2 is 2.11 bits per heavy atom. The molecule has 100 valence electrons. The van der Waals surface area contributed by atoms with Gasteiger partial charge in [0.05, 0.1) is 12.2 Å². The van der Waals surface area contributed by atoms with Gasteiger partial charge in [-0.25, -0.2) is 8.42 Å². The van der Waals surface area contributed by atoms with Crippen molar-refractivity contribution in [3.8, 4) is 0 Å². The molecule has 0 aromatic carbocycles. The van der Waals surface area contributed by atoms with Crippen LogP contribution in [0.25, 0.3) is 0 Å². The van der Waals surface area contributed by atoms with Gasteiger partial charge < -0.3 is 11.1 Å². The van der Waals surface area contributed by atoms with Gasteiger partial charge >= 0.3 is 0 Å². The highest BCUT2D eigenvalue weighted by Crippen LogP contribution is 2.25. The maximum atomic E-state index is 12.4. The fourth-order valence-electron chi connectivity index (χ4n) is 1.88. The fraction of sp³-hybridized carbons (Fsp3) is 0.556. The van der Waals surface area contributed by atoms with E-state index in [2.05, 4.69) is 10.4 Å². The zero-order valence-corrected chi connectivity index (χ0v) is 11.0. The average Bonchev–Trinajstić information content (AvgIpc) is 2.53. The lowest BCUT2D eigenvalue weighted by molar-refractivity contribution is -0.122. The Kier molecular flexibility index (Phi) is 3.03. The van der Waals surface area contributed by atoms with Crippen LogP contribution in [-0.4, -0.2) is 48.0 Å². The van der Waals surface area contributed by atoms with E-state index in [1.165, 1.54) is 4.68 Å². The van der Waals surface area contributed by atoms with Gasteiger partial charge in [-0.05, 0) is 6.92 Å². The molecule has 0 bridgehead atoms. The molecular weight excluding hydrogens is 258 g/mol. The quantitative estimate of drug-likeness (QED) is 0.676. The molecule has 1 aliphatic rings. The predicted octanol–water partition coefficient (Wildman–Crippen LogP) is -1.57. The van der Waals surface area contributed by atoms with Crippen molar-refractivity contribution in [2.75, 3.05) is 25.4 Å². The van der Waals surface area contributed by atoms with Crippen LogP contribution in [0.5, 0.6) is 0 Å². The molecule has 0 radical (unpaired) electrons. The summed E-state index contributed by atoms with van der Waals surface area (Å²) in [5, 5.41) is 6.45. The van der Waals surface area contributed by atoms with Crippen LogP contribution in [0.3, 0.4) is 0 Å². The zero-order chi connectivity index (χ0) is 13.5. The molecule has 0 aliphatic carbocycles. The average molecular weight is 273 g/mol. The van der Waals surface area contributed by atoms with Gasteiger partial charge in [-0.1, -0.05) is 0 Å². The van der Waals surface area contributed by atoms with E-state index in [1.807, 2.05) is 0 Å². The molecule has 0 saturated carbocycles. The first kappa shape index (κ1) is 12.8. The molecule has 0 spiro atoms. The van der Waals surface area contributed by atoms with E-state index in [0.29, 0.717) is 12.2 Å². The number of aromatic nitrogens is 2. The first-order chi connectivity index (χ1) is 8.34. The summed E-state index contributed by atoms with van der Waals surface area (Å²) in [6.45, 7) is 1.98. The van der Waals surface area contributed by atoms with Gasteiger partial charge in [-0.2, -0.15) is 9.40 Å². The van der Waals surface area contributed by atoms with Gasteiger partial charge in [0, 0.05) is 20.1 Å². The van der Waals surface area contributed by atoms with Gasteiger partial charge in [0.1, 0.15) is 4.90 Å². The van der Waals surface area contributed by atoms with Crippen molar-refractivity contribution in [3.05, 3.63) is 5.69 Å². The number of nitrogen functional groups attached to an aromatic ring is 1. The number of rotatable bonds is 2. The largest absolute Gasteiger partial charge is 0.381 e. The number of carbonyl (C=O) groups is 1. The second kappa shape index (κ2) is 4.25. The van der Waals surface area contributed by atoms with Crippen molar-refractivity contribution in [2.24, 2.45) is 7.05 Å². The highest BCUT2D eigenvalue weighted by molar-refractivity contribution is 7.89. The molecule has 9 heteroatoms. The van der Waals surface area contributed by atoms with E-state index in [4.69, 9.17) is 5.73 Å². The molecule has 1 amide bonds. The monoisotopic (exact) mass is 273 g/mol. The van der Waals surface area contributed by atoms with Crippen molar-refractivity contribution in [2.45, 2.75) is 11.8 Å². The van der Waals surface area contributed by atoms with Crippen molar-refractivity contribution in [1.82, 2.24) is 19.4 Å². The van der Waals surface area contributed by atoms with Gasteiger partial charge in [-0.3, -0.25) is 9.48 Å². The number of hydrogen-bond acceptors (Lipinski definition) is 5. The Bertz CT molecular complexity index is 592. The molecule has 0 unspecified atom stereocenters. The van der Waals surface area contributed by atoms with Crippen LogP contribution in [-0.2, 0) is 21.9 Å². The molecule has 18 heavy (non-hydrogen) atoms. The van der Waals surface area contributed by atoms with Crippen molar-refractivity contribution in [1.29, 1.82) is 0 Å². The number of piperazine rings is 1. The third-order valence-electron chi connectivity index (χ3n) is 2.91. The highest BCUT2D eigenvalue weighted by atomic mass is 32.2. The maximum absolute atomic E-state index is 12.4. The van der Waals surface area contributed by atoms with Gasteiger partial charge in [0.25, 0.3) is 0 Å². The normalized spacial score (nSPS) is 17.8. The molecule has 1 fully saturated rings. The van der Waals surface area contributed by atoms with Crippen LogP contribution >= 0.6 is 0 Å². The van der Waals surface area contributed by atoms with Gasteiger partial charge in [0.15, 0.2) is 5.82 Å². The van der Waals surface area contributed by atoms with E-state index in [-0.39, 0.29) is 29.7 Å². The third kappa shape index (κ3) is 1.95. The lowest BCUT2D eigenvalue weighted by atomic mass is 10.4. The van der Waals surface area contributed by atoms with E-state index in [1.54, 1.807) is 14.0 Å². The minimum atomic E-state index is -3.77. The molecule has 1 saturated heterocycles. The second-order valence-corrected chi connectivity index (χ2v) is 5.99. The lowest BCUT2D eigenvalue weighted by Crippen LogP contribution is -2.49. The molecule has 2 heterocycles.